The molecule has 0 bridgehead atoms. The monoisotopic (exact) mass is 212 g/mol. The molecular weight excluding hydrogens is 195 g/mol. The number of hydrogen-bond acceptors (Lipinski definition) is 4. The van der Waals surface area contributed by atoms with Gasteiger partial charge in [-0.2, -0.15) is 0 Å². The minimum Gasteiger partial charge on any atom is -0.394 e. The van der Waals surface area contributed by atoms with Gasteiger partial charge < -0.3 is 19.6 Å². The predicted octanol–water partition coefficient (Wildman–Crippen LogP) is 0.342. The SMILES string of the molecule is CP(=O)(O)OCCCCC(O)CO. The van der Waals surface area contributed by atoms with Crippen molar-refractivity contribution in [3.8, 4) is 0 Å². The Morgan fingerprint density at radius 1 is 1.46 bits per heavy atom. The molecule has 13 heavy (non-hydrogen) atoms. The maximum Gasteiger partial charge on any atom is 0.325 e. The second-order valence-electron chi connectivity index (χ2n) is 2.97. The third kappa shape index (κ3) is 9.99. The van der Waals surface area contributed by atoms with Crippen LogP contribution in [0.1, 0.15) is 19.3 Å². The molecule has 0 aliphatic carbocycles. The molecule has 0 amide bonds. The summed E-state index contributed by atoms with van der Waals surface area (Å²) in [7, 11) is -3.35. The average molecular weight is 212 g/mol. The van der Waals surface area contributed by atoms with E-state index >= 15 is 0 Å². The molecule has 0 aromatic rings. The van der Waals surface area contributed by atoms with Crippen LogP contribution in [-0.4, -0.2) is 41.1 Å². The van der Waals surface area contributed by atoms with Crippen molar-refractivity contribution in [1.82, 2.24) is 0 Å². The zero-order chi connectivity index (χ0) is 10.3. The van der Waals surface area contributed by atoms with Gasteiger partial charge in [-0.3, -0.25) is 4.57 Å². The van der Waals surface area contributed by atoms with E-state index in [0.29, 0.717) is 19.3 Å². The first-order valence-corrected chi connectivity index (χ1v) is 6.22. The smallest absolute Gasteiger partial charge is 0.325 e. The first kappa shape index (κ1) is 13.1. The van der Waals surface area contributed by atoms with Crippen molar-refractivity contribution >= 4 is 7.60 Å². The lowest BCUT2D eigenvalue weighted by molar-refractivity contribution is 0.0849. The first-order valence-electron chi connectivity index (χ1n) is 4.19. The fourth-order valence-corrected chi connectivity index (χ4v) is 1.28. The van der Waals surface area contributed by atoms with Crippen LogP contribution < -0.4 is 0 Å². The molecule has 0 aromatic heterocycles. The van der Waals surface area contributed by atoms with Crippen LogP contribution in [0.25, 0.3) is 0 Å². The Labute approximate surface area is 77.9 Å². The van der Waals surface area contributed by atoms with Crippen molar-refractivity contribution in [1.29, 1.82) is 0 Å². The van der Waals surface area contributed by atoms with Crippen LogP contribution in [0, 0.1) is 0 Å². The molecule has 0 aliphatic heterocycles. The highest BCUT2D eigenvalue weighted by atomic mass is 31.2. The lowest BCUT2D eigenvalue weighted by Crippen LogP contribution is -2.11. The normalized spacial score (nSPS) is 18.2. The summed E-state index contributed by atoms with van der Waals surface area (Å²) in [5.41, 5.74) is 0. The molecule has 2 unspecified atom stereocenters. The molecule has 0 saturated heterocycles. The van der Waals surface area contributed by atoms with E-state index in [4.69, 9.17) is 15.1 Å². The minimum absolute atomic E-state index is 0.211. The van der Waals surface area contributed by atoms with Gasteiger partial charge in [-0.15, -0.1) is 0 Å². The first-order chi connectivity index (χ1) is 5.95. The van der Waals surface area contributed by atoms with Crippen LogP contribution in [-0.2, 0) is 9.09 Å². The van der Waals surface area contributed by atoms with Crippen molar-refractivity contribution < 1.29 is 24.2 Å². The maximum absolute atomic E-state index is 10.6. The van der Waals surface area contributed by atoms with E-state index < -0.39 is 13.7 Å². The molecule has 5 nitrogen and oxygen atoms in total. The Balaban J connectivity index is 3.22. The highest BCUT2D eigenvalue weighted by Gasteiger charge is 2.09. The van der Waals surface area contributed by atoms with Gasteiger partial charge in [0.25, 0.3) is 0 Å². The summed E-state index contributed by atoms with van der Waals surface area (Å²) in [6.45, 7) is 1.10. The second-order valence-corrected chi connectivity index (χ2v) is 4.83. The molecule has 6 heteroatoms. The molecule has 0 rings (SSSR count). The van der Waals surface area contributed by atoms with Crippen LogP contribution in [0.5, 0.6) is 0 Å². The highest BCUT2D eigenvalue weighted by Crippen LogP contribution is 2.36. The van der Waals surface area contributed by atoms with E-state index in [1.54, 1.807) is 0 Å². The van der Waals surface area contributed by atoms with Gasteiger partial charge >= 0.3 is 7.60 Å². The molecule has 2 atom stereocenters. The van der Waals surface area contributed by atoms with E-state index in [1.165, 1.54) is 0 Å². The summed E-state index contributed by atoms with van der Waals surface area (Å²) in [4.78, 5) is 8.72. The minimum atomic E-state index is -3.35. The summed E-state index contributed by atoms with van der Waals surface area (Å²) in [6, 6.07) is 0. The molecule has 0 saturated carbocycles. The Morgan fingerprint density at radius 2 is 2.08 bits per heavy atom. The second kappa shape index (κ2) is 6.51. The lowest BCUT2D eigenvalue weighted by atomic mass is 10.2. The molecule has 0 aromatic carbocycles. The van der Waals surface area contributed by atoms with E-state index in [9.17, 15) is 4.57 Å². The fourth-order valence-electron chi connectivity index (χ4n) is 0.807. The van der Waals surface area contributed by atoms with Crippen LogP contribution in [0.2, 0.25) is 0 Å². The quantitative estimate of drug-likeness (QED) is 0.418. The van der Waals surface area contributed by atoms with E-state index in [2.05, 4.69) is 4.52 Å². The lowest BCUT2D eigenvalue weighted by Gasteiger charge is -2.08. The largest absolute Gasteiger partial charge is 0.394 e. The zero-order valence-electron chi connectivity index (χ0n) is 7.72. The number of hydrogen-bond donors (Lipinski definition) is 3. The fraction of sp³-hybridized carbons (Fsp3) is 1.00. The van der Waals surface area contributed by atoms with E-state index in [-0.39, 0.29) is 13.2 Å². The van der Waals surface area contributed by atoms with Crippen LogP contribution in [0.15, 0.2) is 0 Å². The molecule has 3 N–H and O–H groups in total. The van der Waals surface area contributed by atoms with E-state index in [1.807, 2.05) is 0 Å². The van der Waals surface area contributed by atoms with Gasteiger partial charge in [-0.25, -0.2) is 0 Å². The zero-order valence-corrected chi connectivity index (χ0v) is 8.61. The van der Waals surface area contributed by atoms with Crippen LogP contribution in [0.4, 0.5) is 0 Å². The Bertz CT molecular complexity index is 166. The highest BCUT2D eigenvalue weighted by molar-refractivity contribution is 7.51. The Hall–Kier alpha value is 0.0700. The van der Waals surface area contributed by atoms with Gasteiger partial charge in [-0.05, 0) is 19.3 Å². The van der Waals surface area contributed by atoms with Gasteiger partial charge in [0.15, 0.2) is 0 Å². The Kier molecular flexibility index (Phi) is 6.55. The molecular formula is C7H17O5P. The number of unbranched alkanes of at least 4 members (excludes halogenated alkanes) is 1. The van der Waals surface area contributed by atoms with Gasteiger partial charge in [0.2, 0.25) is 0 Å². The van der Waals surface area contributed by atoms with Gasteiger partial charge in [0.1, 0.15) is 0 Å². The standard InChI is InChI=1S/C7H17O5P/c1-13(10,11)12-5-3-2-4-7(9)6-8/h7-9H,2-6H2,1H3,(H,10,11). The van der Waals surface area contributed by atoms with Gasteiger partial charge in [-0.1, -0.05) is 0 Å². The topological polar surface area (TPSA) is 87.0 Å². The summed E-state index contributed by atoms with van der Waals surface area (Å²) in [6.07, 6.45) is 1.07. The third-order valence-corrected chi connectivity index (χ3v) is 2.13. The summed E-state index contributed by atoms with van der Waals surface area (Å²) in [5, 5.41) is 17.4. The number of aliphatic hydroxyl groups is 2. The molecule has 80 valence electrons. The van der Waals surface area contributed by atoms with Crippen molar-refractivity contribution in [3.63, 3.8) is 0 Å². The predicted molar refractivity (Wildman–Crippen MR) is 48.6 cm³/mol. The van der Waals surface area contributed by atoms with Gasteiger partial charge in [0, 0.05) is 6.66 Å². The maximum atomic E-state index is 10.6. The summed E-state index contributed by atoms with van der Waals surface area (Å²) < 4.78 is 15.2. The average Bonchev–Trinajstić information content (AvgIpc) is 2.01. The Morgan fingerprint density at radius 3 is 2.54 bits per heavy atom. The van der Waals surface area contributed by atoms with Crippen molar-refractivity contribution in [2.24, 2.45) is 0 Å². The number of rotatable bonds is 7. The molecule has 0 fully saturated rings. The van der Waals surface area contributed by atoms with Crippen LogP contribution in [0.3, 0.4) is 0 Å². The third-order valence-electron chi connectivity index (χ3n) is 1.47. The summed E-state index contributed by atoms with van der Waals surface area (Å²) >= 11 is 0. The van der Waals surface area contributed by atoms with Crippen molar-refractivity contribution in [3.05, 3.63) is 0 Å². The van der Waals surface area contributed by atoms with E-state index in [0.717, 1.165) is 6.66 Å². The van der Waals surface area contributed by atoms with Gasteiger partial charge in [0.05, 0.1) is 19.3 Å². The molecule has 0 aliphatic rings. The van der Waals surface area contributed by atoms with Crippen molar-refractivity contribution in [2.45, 2.75) is 25.4 Å². The van der Waals surface area contributed by atoms with Crippen LogP contribution >= 0.6 is 7.60 Å². The molecule has 0 spiro atoms. The number of aliphatic hydroxyl groups excluding tert-OH is 2. The van der Waals surface area contributed by atoms with Crippen molar-refractivity contribution in [2.75, 3.05) is 19.9 Å². The summed E-state index contributed by atoms with van der Waals surface area (Å²) in [5.74, 6) is 0. The molecule has 0 radical (unpaired) electrons. The molecule has 0 heterocycles.